The molecule has 0 spiro atoms. The number of esters is 1. The second-order valence-corrected chi connectivity index (χ2v) is 5.09. The Labute approximate surface area is 119 Å². The lowest BCUT2D eigenvalue weighted by Gasteiger charge is -2.12. The molecule has 0 atom stereocenters. The minimum Gasteiger partial charge on any atom is -0.497 e. The molecule has 1 rings (SSSR count). The molecule has 0 fully saturated rings. The lowest BCUT2D eigenvalue weighted by atomic mass is 10.3. The Morgan fingerprint density at radius 2 is 1.79 bits per heavy atom. The van der Waals surface area contributed by atoms with Gasteiger partial charge in [-0.1, -0.05) is 25.6 Å². The maximum absolute atomic E-state index is 11.1. The molecule has 0 saturated heterocycles. The zero-order chi connectivity index (χ0) is 14.3. The topological polar surface area (TPSA) is 35.5 Å². The van der Waals surface area contributed by atoms with Crippen LogP contribution in [0.5, 0.6) is 5.75 Å². The van der Waals surface area contributed by atoms with Crippen LogP contribution in [-0.2, 0) is 9.53 Å². The van der Waals surface area contributed by atoms with Crippen molar-refractivity contribution in [1.82, 2.24) is 0 Å². The van der Waals surface area contributed by atoms with E-state index in [-0.39, 0.29) is 5.97 Å². The second-order valence-electron chi connectivity index (χ2n) is 3.92. The van der Waals surface area contributed by atoms with Crippen LogP contribution < -0.4 is 4.74 Å². The largest absolute Gasteiger partial charge is 0.497 e. The summed E-state index contributed by atoms with van der Waals surface area (Å²) in [4.78, 5) is 13.3. The maximum Gasteiger partial charge on any atom is 0.307 e. The van der Waals surface area contributed by atoms with Gasteiger partial charge in [-0.25, -0.2) is 0 Å². The van der Waals surface area contributed by atoms with Crippen molar-refractivity contribution in [1.29, 1.82) is 0 Å². The van der Waals surface area contributed by atoms with E-state index in [9.17, 15) is 4.79 Å². The van der Waals surface area contributed by atoms with Crippen molar-refractivity contribution >= 4 is 17.7 Å². The zero-order valence-corrected chi connectivity index (χ0v) is 12.7. The predicted molar refractivity (Wildman–Crippen MR) is 78.2 cm³/mol. The highest BCUT2D eigenvalue weighted by Crippen LogP contribution is 2.33. The Kier molecular flexibility index (Phi) is 6.50. The number of hydrogen-bond acceptors (Lipinski definition) is 4. The Bertz CT molecular complexity index is 449. The maximum atomic E-state index is 11.1. The van der Waals surface area contributed by atoms with E-state index in [1.165, 1.54) is 6.92 Å². The van der Waals surface area contributed by atoms with Crippen molar-refractivity contribution < 1.29 is 14.3 Å². The van der Waals surface area contributed by atoms with Gasteiger partial charge in [0, 0.05) is 23.1 Å². The zero-order valence-electron chi connectivity index (χ0n) is 11.9. The third kappa shape index (κ3) is 4.99. The summed E-state index contributed by atoms with van der Waals surface area (Å²) < 4.78 is 10.4. The van der Waals surface area contributed by atoms with Gasteiger partial charge in [0.2, 0.25) is 0 Å². The number of methoxy groups -OCH3 is 1. The van der Waals surface area contributed by atoms with Crippen LogP contribution in [0.15, 0.2) is 39.8 Å². The van der Waals surface area contributed by atoms with E-state index >= 15 is 0 Å². The lowest BCUT2D eigenvalue weighted by molar-refractivity contribution is -0.137. The molecular formula is C15H20O3S. The van der Waals surface area contributed by atoms with Gasteiger partial charge in [0.05, 0.1) is 7.11 Å². The highest BCUT2D eigenvalue weighted by Gasteiger charge is 2.09. The number of rotatable bonds is 6. The van der Waals surface area contributed by atoms with Gasteiger partial charge in [-0.15, -0.1) is 0 Å². The first-order chi connectivity index (χ1) is 9.10. The Morgan fingerprint density at radius 3 is 2.21 bits per heavy atom. The fourth-order valence-corrected chi connectivity index (χ4v) is 2.61. The molecule has 4 heteroatoms. The Balaban J connectivity index is 2.89. The van der Waals surface area contributed by atoms with Crippen molar-refractivity contribution in [3.05, 3.63) is 34.9 Å². The Morgan fingerprint density at radius 1 is 1.16 bits per heavy atom. The third-order valence-corrected chi connectivity index (χ3v) is 3.79. The molecule has 104 valence electrons. The van der Waals surface area contributed by atoms with Crippen molar-refractivity contribution in [2.45, 2.75) is 38.5 Å². The fraction of sp³-hybridized carbons (Fsp3) is 0.400. The first-order valence-corrected chi connectivity index (χ1v) is 7.14. The van der Waals surface area contributed by atoms with Gasteiger partial charge in [0.15, 0.2) is 0 Å². The molecule has 0 amide bonds. The molecule has 0 unspecified atom stereocenters. The van der Waals surface area contributed by atoms with Crippen LogP contribution in [0.4, 0.5) is 0 Å². The van der Waals surface area contributed by atoms with E-state index < -0.39 is 0 Å². The van der Waals surface area contributed by atoms with Gasteiger partial charge >= 0.3 is 5.97 Å². The first-order valence-electron chi connectivity index (χ1n) is 6.33. The van der Waals surface area contributed by atoms with Gasteiger partial charge < -0.3 is 9.47 Å². The van der Waals surface area contributed by atoms with E-state index in [1.807, 2.05) is 31.2 Å². The highest BCUT2D eigenvalue weighted by atomic mass is 32.2. The molecule has 0 aromatic heterocycles. The summed E-state index contributed by atoms with van der Waals surface area (Å²) in [5.41, 5.74) is 0. The molecular weight excluding hydrogens is 260 g/mol. The summed E-state index contributed by atoms with van der Waals surface area (Å²) in [6, 6.07) is 7.85. The summed E-state index contributed by atoms with van der Waals surface area (Å²) in [5, 5.41) is 0. The number of allylic oxidation sites excluding steroid dienone is 2. The smallest absolute Gasteiger partial charge is 0.307 e. The third-order valence-electron chi connectivity index (χ3n) is 2.52. The van der Waals surface area contributed by atoms with Crippen molar-refractivity contribution in [3.63, 3.8) is 0 Å². The van der Waals surface area contributed by atoms with Crippen LogP contribution in [-0.4, -0.2) is 13.1 Å². The number of benzene rings is 1. The molecule has 0 radical (unpaired) electrons. The van der Waals surface area contributed by atoms with Gasteiger partial charge in [0.25, 0.3) is 0 Å². The molecule has 0 bridgehead atoms. The number of carbonyl (C=O) groups excluding carboxylic acids is 1. The highest BCUT2D eigenvalue weighted by molar-refractivity contribution is 8.03. The molecule has 3 nitrogen and oxygen atoms in total. The quantitative estimate of drug-likeness (QED) is 0.440. The number of hydrogen-bond donors (Lipinski definition) is 0. The van der Waals surface area contributed by atoms with E-state index in [2.05, 4.69) is 6.92 Å². The molecule has 0 heterocycles. The molecule has 1 aromatic carbocycles. The van der Waals surface area contributed by atoms with Crippen LogP contribution in [0.2, 0.25) is 0 Å². The summed E-state index contributed by atoms with van der Waals surface area (Å²) in [6.45, 7) is 5.48. The van der Waals surface area contributed by atoms with Crippen LogP contribution >= 0.6 is 11.8 Å². The molecule has 0 N–H and O–H groups in total. The average Bonchev–Trinajstić information content (AvgIpc) is 2.43. The lowest BCUT2D eigenvalue weighted by Crippen LogP contribution is -2.00. The van der Waals surface area contributed by atoms with E-state index in [1.54, 1.807) is 18.9 Å². The molecule has 0 aliphatic heterocycles. The molecule has 0 saturated carbocycles. The molecule has 0 aliphatic rings. The van der Waals surface area contributed by atoms with E-state index in [0.717, 1.165) is 27.7 Å². The van der Waals surface area contributed by atoms with Crippen molar-refractivity contribution in [2.75, 3.05) is 7.11 Å². The van der Waals surface area contributed by atoms with E-state index in [4.69, 9.17) is 9.47 Å². The summed E-state index contributed by atoms with van der Waals surface area (Å²) in [7, 11) is 1.65. The van der Waals surface area contributed by atoms with Crippen LogP contribution in [0, 0.1) is 0 Å². The standard InChI is InChI=1S/C15H20O3S/c1-5-14(18-11(3)16)15(6-2)19-13-9-7-12(17-4)8-10-13/h7-10H,5-6H2,1-4H3/b15-14+. The summed E-state index contributed by atoms with van der Waals surface area (Å²) in [5.74, 6) is 1.33. The van der Waals surface area contributed by atoms with Gasteiger partial charge in [-0.2, -0.15) is 0 Å². The summed E-state index contributed by atoms with van der Waals surface area (Å²) >= 11 is 1.63. The van der Waals surface area contributed by atoms with Crippen molar-refractivity contribution in [3.8, 4) is 5.75 Å². The van der Waals surface area contributed by atoms with Gasteiger partial charge in [-0.05, 0) is 30.7 Å². The van der Waals surface area contributed by atoms with Gasteiger partial charge in [0.1, 0.15) is 11.5 Å². The average molecular weight is 280 g/mol. The van der Waals surface area contributed by atoms with Crippen LogP contribution in [0.1, 0.15) is 33.6 Å². The number of thioether (sulfide) groups is 1. The first kappa shape index (κ1) is 15.6. The Hall–Kier alpha value is -1.42. The van der Waals surface area contributed by atoms with Crippen LogP contribution in [0.3, 0.4) is 0 Å². The minimum atomic E-state index is -0.266. The SMILES string of the molecule is CC/C(OC(C)=O)=C(/CC)Sc1ccc(OC)cc1. The van der Waals surface area contributed by atoms with Gasteiger partial charge in [-0.3, -0.25) is 4.79 Å². The molecule has 0 aliphatic carbocycles. The predicted octanol–water partition coefficient (Wildman–Crippen LogP) is 4.38. The monoisotopic (exact) mass is 280 g/mol. The molecule has 1 aromatic rings. The normalized spacial score (nSPS) is 11.8. The fourth-order valence-electron chi connectivity index (χ4n) is 1.61. The van der Waals surface area contributed by atoms with Crippen LogP contribution in [0.25, 0.3) is 0 Å². The van der Waals surface area contributed by atoms with E-state index in [0.29, 0.717) is 6.42 Å². The molecule has 19 heavy (non-hydrogen) atoms. The van der Waals surface area contributed by atoms with Crippen molar-refractivity contribution in [2.24, 2.45) is 0 Å². The second kappa shape index (κ2) is 7.89. The summed E-state index contributed by atoms with van der Waals surface area (Å²) in [6.07, 6.45) is 1.55. The number of carbonyl (C=O) groups is 1. The minimum absolute atomic E-state index is 0.266. The number of ether oxygens (including phenoxy) is 2.